The van der Waals surface area contributed by atoms with E-state index in [-0.39, 0.29) is 25.8 Å². The Bertz CT molecular complexity index is 1360. The van der Waals surface area contributed by atoms with Crippen molar-refractivity contribution in [3.63, 3.8) is 0 Å². The minimum Gasteiger partial charge on any atom is -0.477 e. The fourth-order valence-corrected chi connectivity index (χ4v) is 5.22. The van der Waals surface area contributed by atoms with Crippen molar-refractivity contribution in [2.75, 3.05) is 0 Å². The molecule has 2 aromatic carbocycles. The summed E-state index contributed by atoms with van der Waals surface area (Å²) in [6, 6.07) is 30.5. The molecule has 0 aliphatic heterocycles. The van der Waals surface area contributed by atoms with Gasteiger partial charge in [-0.25, -0.2) is 9.78 Å². The van der Waals surface area contributed by atoms with Crippen LogP contribution in [0, 0.1) is 12.1 Å². The SMILES string of the molecule is Brc1c[c-]c(-c2ccccn2)c(Br)c1.Brc1c[c-]c(-c2ccccn2)c(Br)c1.O=C(O)c1ccccn1.[Ir]. The summed E-state index contributed by atoms with van der Waals surface area (Å²) in [5.74, 6) is -0.990. The van der Waals surface area contributed by atoms with Crippen LogP contribution in [0.3, 0.4) is 0 Å². The van der Waals surface area contributed by atoms with Gasteiger partial charge in [0.25, 0.3) is 0 Å². The first-order valence-corrected chi connectivity index (χ1v) is 13.7. The second-order valence-electron chi connectivity index (χ2n) is 7.03. The summed E-state index contributed by atoms with van der Waals surface area (Å²) >= 11 is 13.7. The summed E-state index contributed by atoms with van der Waals surface area (Å²) in [7, 11) is 0. The number of halogens is 4. The molecule has 3 heterocycles. The van der Waals surface area contributed by atoms with E-state index in [2.05, 4.69) is 90.8 Å². The molecule has 0 atom stereocenters. The number of carboxylic acids is 1. The van der Waals surface area contributed by atoms with Gasteiger partial charge in [0.05, 0.1) is 0 Å². The molecule has 0 saturated carbocycles. The molecule has 195 valence electrons. The summed E-state index contributed by atoms with van der Waals surface area (Å²) in [6.07, 6.45) is 5.00. The number of aromatic carboxylic acids is 1. The van der Waals surface area contributed by atoms with Crippen LogP contribution in [-0.4, -0.2) is 26.0 Å². The number of aromatic nitrogens is 3. The topological polar surface area (TPSA) is 76.0 Å². The minimum absolute atomic E-state index is 0. The first-order chi connectivity index (χ1) is 17.8. The Hall–Kier alpha value is -2.07. The van der Waals surface area contributed by atoms with Gasteiger partial charge in [0.2, 0.25) is 0 Å². The van der Waals surface area contributed by atoms with Crippen molar-refractivity contribution in [1.82, 2.24) is 15.0 Å². The van der Waals surface area contributed by atoms with Gasteiger partial charge in [-0.3, -0.25) is 0 Å². The minimum atomic E-state index is -0.990. The van der Waals surface area contributed by atoms with Crippen LogP contribution in [0.4, 0.5) is 0 Å². The summed E-state index contributed by atoms with van der Waals surface area (Å²) in [4.78, 5) is 22.2. The Morgan fingerprint density at radius 2 is 1.08 bits per heavy atom. The van der Waals surface area contributed by atoms with Gasteiger partial charge in [-0.05, 0) is 35.7 Å². The van der Waals surface area contributed by atoms with Crippen molar-refractivity contribution < 1.29 is 30.0 Å². The first kappa shape index (κ1) is 32.1. The predicted octanol–water partition coefficient (Wildman–Crippen LogP) is 8.92. The van der Waals surface area contributed by atoms with Crippen LogP contribution in [-0.2, 0) is 20.1 Å². The molecule has 0 aliphatic carbocycles. The maximum Gasteiger partial charge on any atom is 0.354 e. The zero-order valence-corrected chi connectivity index (χ0v) is 28.0. The second kappa shape index (κ2) is 16.8. The standard InChI is InChI=1S/2C11H6Br2N.C6H5NO2.Ir/c2*12-8-4-5-9(10(13)7-8)11-3-1-2-6-14-11;8-6(9)5-3-1-2-4-7-5;/h2*1-4,6-7H;1-4H,(H,8,9);/q2*-1;;. The first-order valence-electron chi connectivity index (χ1n) is 10.6. The molecule has 0 saturated heterocycles. The molecule has 0 aliphatic rings. The number of hydrogen-bond acceptors (Lipinski definition) is 4. The molecule has 1 radical (unpaired) electrons. The van der Waals surface area contributed by atoms with Crippen molar-refractivity contribution in [2.45, 2.75) is 0 Å². The number of hydrogen-bond donors (Lipinski definition) is 1. The van der Waals surface area contributed by atoms with Gasteiger partial charge in [-0.2, -0.15) is 0 Å². The zero-order valence-electron chi connectivity index (χ0n) is 19.3. The number of benzene rings is 2. The quantitative estimate of drug-likeness (QED) is 0.183. The van der Waals surface area contributed by atoms with Gasteiger partial charge in [-0.15, -0.1) is 111 Å². The molecule has 0 amide bonds. The largest absolute Gasteiger partial charge is 0.477 e. The van der Waals surface area contributed by atoms with E-state index < -0.39 is 5.97 Å². The van der Waals surface area contributed by atoms with Gasteiger partial charge in [0.15, 0.2) is 0 Å². The van der Waals surface area contributed by atoms with Gasteiger partial charge in [0.1, 0.15) is 5.69 Å². The zero-order chi connectivity index (χ0) is 26.6. The molecular formula is C28H17Br4IrN3O2-2. The van der Waals surface area contributed by atoms with Crippen molar-refractivity contribution in [2.24, 2.45) is 0 Å². The summed E-state index contributed by atoms with van der Waals surface area (Å²) in [6.45, 7) is 0. The molecule has 10 heteroatoms. The fourth-order valence-electron chi connectivity index (χ4n) is 2.79. The Kier molecular flexibility index (Phi) is 14.2. The smallest absolute Gasteiger partial charge is 0.354 e. The summed E-state index contributed by atoms with van der Waals surface area (Å²) in [5.41, 5.74) is 3.89. The third-order valence-electron chi connectivity index (χ3n) is 4.44. The second-order valence-corrected chi connectivity index (χ2v) is 10.6. The van der Waals surface area contributed by atoms with Crippen molar-refractivity contribution >= 4 is 69.7 Å². The molecule has 0 spiro atoms. The van der Waals surface area contributed by atoms with E-state index in [0.717, 1.165) is 40.4 Å². The average Bonchev–Trinajstić information content (AvgIpc) is 2.91. The maximum absolute atomic E-state index is 10.1. The molecule has 5 nitrogen and oxygen atoms in total. The van der Waals surface area contributed by atoms with Crippen molar-refractivity contribution in [1.29, 1.82) is 0 Å². The Morgan fingerprint density at radius 3 is 1.37 bits per heavy atom. The Balaban J connectivity index is 0.000000203. The fraction of sp³-hybridized carbons (Fsp3) is 0. The number of carboxylic acid groups (broad SMARTS) is 1. The molecule has 0 bridgehead atoms. The van der Waals surface area contributed by atoms with Crippen LogP contribution in [0.25, 0.3) is 22.5 Å². The van der Waals surface area contributed by atoms with Gasteiger partial charge in [0, 0.05) is 38.7 Å². The van der Waals surface area contributed by atoms with Crippen molar-refractivity contribution in [3.8, 4) is 22.5 Å². The van der Waals surface area contributed by atoms with E-state index in [1.807, 2.05) is 60.7 Å². The van der Waals surface area contributed by atoms with Crippen LogP contribution in [0.5, 0.6) is 0 Å². The van der Waals surface area contributed by atoms with Gasteiger partial charge in [-0.1, -0.05) is 48.2 Å². The van der Waals surface area contributed by atoms with Crippen LogP contribution < -0.4 is 0 Å². The summed E-state index contributed by atoms with van der Waals surface area (Å²) in [5, 5.41) is 8.32. The normalized spacial score (nSPS) is 9.58. The molecule has 0 unspecified atom stereocenters. The number of pyridine rings is 3. The van der Waals surface area contributed by atoms with Crippen LogP contribution in [0.15, 0.2) is 115 Å². The van der Waals surface area contributed by atoms with Crippen LogP contribution in [0.2, 0.25) is 0 Å². The number of nitrogens with zero attached hydrogens (tertiary/aromatic N) is 3. The van der Waals surface area contributed by atoms with E-state index in [0.29, 0.717) is 0 Å². The third kappa shape index (κ3) is 10.2. The molecule has 5 rings (SSSR count). The van der Waals surface area contributed by atoms with E-state index >= 15 is 0 Å². The molecular weight excluding hydrogens is 922 g/mol. The average molecular weight is 939 g/mol. The Labute approximate surface area is 268 Å². The molecule has 0 fully saturated rings. The predicted molar refractivity (Wildman–Crippen MR) is 159 cm³/mol. The Morgan fingerprint density at radius 1 is 0.658 bits per heavy atom. The van der Waals surface area contributed by atoms with Gasteiger partial charge < -0.3 is 15.1 Å². The van der Waals surface area contributed by atoms with Crippen molar-refractivity contribution in [3.05, 3.63) is 133 Å². The third-order valence-corrected chi connectivity index (χ3v) is 6.61. The molecule has 38 heavy (non-hydrogen) atoms. The van der Waals surface area contributed by atoms with E-state index in [1.54, 1.807) is 24.5 Å². The molecule has 3 aromatic heterocycles. The van der Waals surface area contributed by atoms with Gasteiger partial charge >= 0.3 is 5.97 Å². The monoisotopic (exact) mass is 936 g/mol. The number of rotatable bonds is 3. The van der Waals surface area contributed by atoms with E-state index in [1.165, 1.54) is 12.3 Å². The maximum atomic E-state index is 10.1. The van der Waals surface area contributed by atoms with E-state index in [9.17, 15) is 4.79 Å². The summed E-state index contributed by atoms with van der Waals surface area (Å²) < 4.78 is 3.99. The molecule has 1 N–H and O–H groups in total. The molecule has 5 aromatic rings. The van der Waals surface area contributed by atoms with Crippen LogP contribution in [0.1, 0.15) is 10.5 Å². The van der Waals surface area contributed by atoms with Crippen LogP contribution >= 0.6 is 63.7 Å². The van der Waals surface area contributed by atoms with E-state index in [4.69, 9.17) is 5.11 Å². The number of carbonyl (C=O) groups is 1.